The molecule has 0 aliphatic carbocycles. The Labute approximate surface area is 175 Å². The second-order valence-electron chi connectivity index (χ2n) is 6.33. The Bertz CT molecular complexity index is 1040. The van der Waals surface area contributed by atoms with Crippen LogP contribution in [-0.4, -0.2) is 22.4 Å². The van der Waals surface area contributed by atoms with E-state index in [2.05, 4.69) is 21.0 Å². The van der Waals surface area contributed by atoms with Crippen LogP contribution in [0.4, 0.5) is 8.78 Å². The molecule has 1 heterocycles. The number of benzene rings is 2. The lowest BCUT2D eigenvalue weighted by Crippen LogP contribution is -2.09. The molecular weight excluding hydrogens is 446 g/mol. The molecule has 0 spiro atoms. The number of hydrogen-bond donors (Lipinski definition) is 0. The summed E-state index contributed by atoms with van der Waals surface area (Å²) in [5, 5.41) is 4.31. The highest BCUT2D eigenvalue weighted by Crippen LogP contribution is 2.26. The summed E-state index contributed by atoms with van der Waals surface area (Å²) in [6, 6.07) is 10.4. The molecule has 0 amide bonds. The molecule has 2 aromatic carbocycles. The zero-order valence-electron chi connectivity index (χ0n) is 15.9. The molecule has 5 nitrogen and oxygen atoms in total. The fraction of sp³-hybridized carbons (Fsp3) is 0.238. The number of carbonyl (C=O) groups excluding carboxylic acids is 1. The maximum atomic E-state index is 13.9. The topological polar surface area (TPSA) is 53.4 Å². The first kappa shape index (κ1) is 21.0. The molecular formula is C21H19BrF2N2O3. The average Bonchev–Trinajstić information content (AvgIpc) is 3.03. The number of ether oxygens (including phenoxy) is 2. The molecule has 1 aromatic heterocycles. The number of aromatic nitrogens is 2. The summed E-state index contributed by atoms with van der Waals surface area (Å²) in [5.74, 6) is -1.25. The molecule has 0 N–H and O–H groups in total. The third-order valence-corrected chi connectivity index (χ3v) is 4.70. The molecule has 0 aliphatic rings. The van der Waals surface area contributed by atoms with Crippen LogP contribution in [0.15, 0.2) is 46.9 Å². The van der Waals surface area contributed by atoms with Crippen molar-refractivity contribution < 1.29 is 23.0 Å². The lowest BCUT2D eigenvalue weighted by atomic mass is 10.2. The average molecular weight is 465 g/mol. The van der Waals surface area contributed by atoms with E-state index in [9.17, 15) is 13.6 Å². The van der Waals surface area contributed by atoms with Crippen LogP contribution < -0.4 is 4.74 Å². The Morgan fingerprint density at radius 1 is 1.14 bits per heavy atom. The van der Waals surface area contributed by atoms with Crippen molar-refractivity contribution in [3.05, 3.63) is 81.1 Å². The van der Waals surface area contributed by atoms with Gasteiger partial charge in [-0.05, 0) is 50.2 Å². The Morgan fingerprint density at radius 3 is 2.66 bits per heavy atom. The lowest BCUT2D eigenvalue weighted by Gasteiger charge is -2.13. The van der Waals surface area contributed by atoms with E-state index in [1.54, 1.807) is 29.8 Å². The summed E-state index contributed by atoms with van der Waals surface area (Å²) in [5.41, 5.74) is 2.04. The fourth-order valence-corrected chi connectivity index (χ4v) is 3.15. The fourth-order valence-electron chi connectivity index (χ4n) is 2.74. The van der Waals surface area contributed by atoms with Crippen LogP contribution in [0.25, 0.3) is 0 Å². The van der Waals surface area contributed by atoms with Gasteiger partial charge in [-0.15, -0.1) is 0 Å². The van der Waals surface area contributed by atoms with E-state index in [-0.39, 0.29) is 24.5 Å². The molecule has 152 valence electrons. The molecule has 0 unspecified atom stereocenters. The van der Waals surface area contributed by atoms with Crippen LogP contribution >= 0.6 is 15.9 Å². The Kier molecular flexibility index (Phi) is 6.64. The number of rotatable bonds is 7. The van der Waals surface area contributed by atoms with E-state index in [1.807, 2.05) is 13.0 Å². The third-order valence-electron chi connectivity index (χ3n) is 4.21. The van der Waals surface area contributed by atoms with Gasteiger partial charge in [0.05, 0.1) is 13.2 Å². The monoisotopic (exact) mass is 464 g/mol. The van der Waals surface area contributed by atoms with E-state index in [0.29, 0.717) is 12.3 Å². The highest BCUT2D eigenvalue weighted by Gasteiger charge is 2.15. The summed E-state index contributed by atoms with van der Waals surface area (Å²) in [7, 11) is 0. The van der Waals surface area contributed by atoms with E-state index in [0.717, 1.165) is 21.8 Å². The van der Waals surface area contributed by atoms with E-state index < -0.39 is 17.6 Å². The number of carbonyl (C=O) groups is 1. The first-order chi connectivity index (χ1) is 13.9. The minimum absolute atomic E-state index is 0.0487. The summed E-state index contributed by atoms with van der Waals surface area (Å²) < 4.78 is 40.2. The van der Waals surface area contributed by atoms with Crippen LogP contribution in [0.3, 0.4) is 0 Å². The maximum absolute atomic E-state index is 13.9. The predicted octanol–water partition coefficient (Wildman–Crippen LogP) is 5.04. The highest BCUT2D eigenvalue weighted by molar-refractivity contribution is 9.10. The molecule has 3 rings (SSSR count). The normalized spacial score (nSPS) is 10.8. The summed E-state index contributed by atoms with van der Waals surface area (Å²) >= 11 is 3.43. The minimum atomic E-state index is -0.661. The van der Waals surface area contributed by atoms with Gasteiger partial charge in [0, 0.05) is 27.4 Å². The predicted molar refractivity (Wildman–Crippen MR) is 107 cm³/mol. The summed E-state index contributed by atoms with van der Waals surface area (Å²) in [6.45, 7) is 4.13. The summed E-state index contributed by atoms with van der Waals surface area (Å²) in [4.78, 5) is 11.9. The van der Waals surface area contributed by atoms with Crippen molar-refractivity contribution in [2.45, 2.75) is 27.0 Å². The molecule has 0 saturated carbocycles. The number of hydrogen-bond acceptors (Lipinski definition) is 4. The Morgan fingerprint density at radius 2 is 1.93 bits per heavy atom. The zero-order valence-corrected chi connectivity index (χ0v) is 17.5. The second-order valence-corrected chi connectivity index (χ2v) is 7.24. The van der Waals surface area contributed by atoms with Crippen molar-refractivity contribution in [3.8, 4) is 5.75 Å². The largest absolute Gasteiger partial charge is 0.488 e. The van der Waals surface area contributed by atoms with Crippen molar-refractivity contribution in [1.82, 2.24) is 9.78 Å². The smallest absolute Gasteiger partial charge is 0.358 e. The quantitative estimate of drug-likeness (QED) is 0.459. The van der Waals surface area contributed by atoms with E-state index in [1.165, 1.54) is 12.1 Å². The van der Waals surface area contributed by atoms with Crippen molar-refractivity contribution in [2.75, 3.05) is 6.61 Å². The van der Waals surface area contributed by atoms with Crippen LogP contribution in [0, 0.1) is 18.6 Å². The number of halogens is 3. The van der Waals surface area contributed by atoms with Gasteiger partial charge in [-0.25, -0.2) is 13.6 Å². The lowest BCUT2D eigenvalue weighted by molar-refractivity contribution is 0.0518. The second kappa shape index (κ2) is 9.17. The first-order valence-electron chi connectivity index (χ1n) is 8.94. The summed E-state index contributed by atoms with van der Waals surface area (Å²) in [6.07, 6.45) is 0. The Hall–Kier alpha value is -2.74. The van der Waals surface area contributed by atoms with Gasteiger partial charge >= 0.3 is 5.97 Å². The Balaban J connectivity index is 1.81. The molecule has 3 aromatic rings. The van der Waals surface area contributed by atoms with Gasteiger partial charge in [0.1, 0.15) is 24.0 Å². The minimum Gasteiger partial charge on any atom is -0.488 e. The van der Waals surface area contributed by atoms with Crippen LogP contribution in [0.1, 0.15) is 34.2 Å². The number of nitrogens with zero attached hydrogens (tertiary/aromatic N) is 2. The van der Waals surface area contributed by atoms with E-state index >= 15 is 0 Å². The van der Waals surface area contributed by atoms with Gasteiger partial charge in [0.25, 0.3) is 0 Å². The van der Waals surface area contributed by atoms with Crippen LogP contribution in [0.2, 0.25) is 0 Å². The van der Waals surface area contributed by atoms with Crippen molar-refractivity contribution >= 4 is 21.9 Å². The standard InChI is InChI=1S/C21H19BrF2N2O3/c1-3-28-21(27)19-8-13(2)26(25-19)11-15-9-16(22)5-7-20(15)29-12-14-4-6-17(23)10-18(14)24/h4-10H,3,11-12H2,1-2H3. The van der Waals surface area contributed by atoms with Crippen LogP contribution in [0.5, 0.6) is 5.75 Å². The molecule has 0 radical (unpaired) electrons. The number of aryl methyl sites for hydroxylation is 1. The molecule has 0 bridgehead atoms. The molecule has 0 atom stereocenters. The van der Waals surface area contributed by atoms with Crippen molar-refractivity contribution in [2.24, 2.45) is 0 Å². The number of esters is 1. The molecule has 0 fully saturated rings. The van der Waals surface area contributed by atoms with Gasteiger partial charge in [-0.2, -0.15) is 5.10 Å². The SMILES string of the molecule is CCOC(=O)c1cc(C)n(Cc2cc(Br)ccc2OCc2ccc(F)cc2F)n1. The van der Waals surface area contributed by atoms with Gasteiger partial charge < -0.3 is 9.47 Å². The molecule has 0 saturated heterocycles. The molecule has 0 aliphatic heterocycles. The van der Waals surface area contributed by atoms with Gasteiger partial charge in [-0.1, -0.05) is 15.9 Å². The van der Waals surface area contributed by atoms with Crippen molar-refractivity contribution in [1.29, 1.82) is 0 Å². The zero-order chi connectivity index (χ0) is 21.0. The van der Waals surface area contributed by atoms with E-state index in [4.69, 9.17) is 9.47 Å². The van der Waals surface area contributed by atoms with Gasteiger partial charge in [0.2, 0.25) is 0 Å². The molecule has 29 heavy (non-hydrogen) atoms. The third kappa shape index (κ3) is 5.20. The highest BCUT2D eigenvalue weighted by atomic mass is 79.9. The van der Waals surface area contributed by atoms with Crippen LogP contribution in [-0.2, 0) is 17.9 Å². The van der Waals surface area contributed by atoms with Gasteiger partial charge in [0.15, 0.2) is 5.69 Å². The van der Waals surface area contributed by atoms with Gasteiger partial charge in [-0.3, -0.25) is 4.68 Å². The first-order valence-corrected chi connectivity index (χ1v) is 9.73. The maximum Gasteiger partial charge on any atom is 0.358 e. The van der Waals surface area contributed by atoms with Crippen molar-refractivity contribution in [3.63, 3.8) is 0 Å². The molecule has 8 heteroatoms.